The molecule has 0 bridgehead atoms. The summed E-state index contributed by atoms with van der Waals surface area (Å²) >= 11 is 7.31. The van der Waals surface area contributed by atoms with E-state index >= 15 is 0 Å². The van der Waals surface area contributed by atoms with E-state index in [9.17, 15) is 13.5 Å². The molecule has 0 atom stereocenters. The molecule has 0 aliphatic rings. The van der Waals surface area contributed by atoms with Gasteiger partial charge in [0.25, 0.3) is 10.0 Å². The Morgan fingerprint density at radius 1 is 1.06 bits per heavy atom. The zero-order valence-corrected chi connectivity index (χ0v) is 20.6. The Morgan fingerprint density at radius 2 is 1.86 bits per heavy atom. The molecule has 0 aliphatic heterocycles. The molecule has 11 heteroatoms. The molecule has 2 heterocycles. The zero-order valence-electron chi connectivity index (χ0n) is 18.2. The summed E-state index contributed by atoms with van der Waals surface area (Å²) in [7, 11) is -3.80. The Balaban J connectivity index is 1.43. The summed E-state index contributed by atoms with van der Waals surface area (Å²) in [4.78, 5) is 7.46. The van der Waals surface area contributed by atoms with E-state index in [-0.39, 0.29) is 16.5 Å². The van der Waals surface area contributed by atoms with Crippen LogP contribution in [0.1, 0.15) is 5.56 Å². The molecule has 0 saturated heterocycles. The van der Waals surface area contributed by atoms with Crippen molar-refractivity contribution >= 4 is 60.4 Å². The van der Waals surface area contributed by atoms with Crippen molar-refractivity contribution in [3.63, 3.8) is 0 Å². The normalized spacial score (nSPS) is 11.9. The van der Waals surface area contributed by atoms with Crippen molar-refractivity contribution in [2.45, 2.75) is 11.8 Å². The molecule has 0 unspecified atom stereocenters. The third kappa shape index (κ3) is 4.76. The number of nitrogens with zero attached hydrogens (tertiary/aromatic N) is 3. The van der Waals surface area contributed by atoms with Gasteiger partial charge in [-0.3, -0.25) is 4.72 Å². The molecule has 0 fully saturated rings. The van der Waals surface area contributed by atoms with Gasteiger partial charge in [0.15, 0.2) is 5.69 Å². The van der Waals surface area contributed by atoms with Crippen molar-refractivity contribution in [1.82, 2.24) is 9.97 Å². The number of aryl methyl sites for hydroxylation is 1. The lowest BCUT2D eigenvalue weighted by atomic mass is 10.1. The molecule has 176 valence electrons. The number of hydrogen-bond donors (Lipinski definition) is 3. The molecule has 0 amide bonds. The second kappa shape index (κ2) is 9.14. The number of nitrogens with one attached hydrogen (secondary N) is 2. The minimum atomic E-state index is -3.80. The van der Waals surface area contributed by atoms with Crippen LogP contribution >= 0.6 is 22.9 Å². The quantitative estimate of drug-likeness (QED) is 0.204. The molecule has 8 nitrogen and oxygen atoms in total. The van der Waals surface area contributed by atoms with E-state index in [2.05, 4.69) is 24.9 Å². The summed E-state index contributed by atoms with van der Waals surface area (Å²) in [6.07, 6.45) is 0. The topological polar surface area (TPSA) is 120 Å². The number of thiazole rings is 1. The van der Waals surface area contributed by atoms with Gasteiger partial charge in [0.1, 0.15) is 0 Å². The van der Waals surface area contributed by atoms with Gasteiger partial charge in [0.2, 0.25) is 11.0 Å². The SMILES string of the molecule is Cc1ccc(-c2csc(N=Nc3c(O)[nH]c4ccc(Cl)cc34)n2)cc1S(=O)(=O)Nc1ccccc1. The number of fused-ring (bicyclic) bond motifs is 1. The minimum Gasteiger partial charge on any atom is -0.493 e. The van der Waals surface area contributed by atoms with E-state index in [0.29, 0.717) is 43.6 Å². The highest BCUT2D eigenvalue weighted by atomic mass is 35.5. The van der Waals surface area contributed by atoms with Crippen molar-refractivity contribution < 1.29 is 13.5 Å². The molecule has 0 radical (unpaired) electrons. The Kier molecular flexibility index (Phi) is 6.01. The first-order chi connectivity index (χ1) is 16.8. The Labute approximate surface area is 210 Å². The number of benzene rings is 3. The average Bonchev–Trinajstić information content (AvgIpc) is 3.42. The predicted molar refractivity (Wildman–Crippen MR) is 139 cm³/mol. The van der Waals surface area contributed by atoms with Crippen LogP contribution in [0.5, 0.6) is 5.88 Å². The number of H-pyrrole nitrogens is 1. The van der Waals surface area contributed by atoms with E-state index < -0.39 is 10.0 Å². The van der Waals surface area contributed by atoms with Crippen molar-refractivity contribution in [2.24, 2.45) is 10.2 Å². The lowest BCUT2D eigenvalue weighted by molar-refractivity contribution is 0.459. The Morgan fingerprint density at radius 3 is 2.66 bits per heavy atom. The van der Waals surface area contributed by atoms with Gasteiger partial charge >= 0.3 is 0 Å². The van der Waals surface area contributed by atoms with Crippen LogP contribution in [0.15, 0.2) is 87.2 Å². The van der Waals surface area contributed by atoms with Crippen molar-refractivity contribution in [1.29, 1.82) is 0 Å². The predicted octanol–water partition coefficient (Wildman–Crippen LogP) is 7.18. The van der Waals surface area contributed by atoms with Gasteiger partial charge in [-0.2, -0.15) is 0 Å². The van der Waals surface area contributed by atoms with E-state index in [1.54, 1.807) is 73.0 Å². The highest BCUT2D eigenvalue weighted by Gasteiger charge is 2.19. The molecule has 5 aromatic rings. The van der Waals surface area contributed by atoms with E-state index in [1.165, 1.54) is 11.3 Å². The monoisotopic (exact) mass is 523 g/mol. The van der Waals surface area contributed by atoms with E-state index in [4.69, 9.17) is 11.6 Å². The van der Waals surface area contributed by atoms with Crippen molar-refractivity contribution in [3.05, 3.63) is 82.7 Å². The van der Waals surface area contributed by atoms with Crippen molar-refractivity contribution in [3.8, 4) is 17.1 Å². The fourth-order valence-electron chi connectivity index (χ4n) is 3.54. The van der Waals surface area contributed by atoms with Crippen LogP contribution in [0.25, 0.3) is 22.2 Å². The molecule has 0 aliphatic carbocycles. The Bertz CT molecular complexity index is 1680. The zero-order chi connectivity index (χ0) is 24.6. The number of sulfonamides is 1. The molecule has 0 spiro atoms. The number of anilines is 1. The van der Waals surface area contributed by atoms with Crippen LogP contribution in [0.3, 0.4) is 0 Å². The molecule has 2 aromatic heterocycles. The standard InChI is InChI=1S/C24H18ClN5O3S2/c1-14-7-8-15(11-21(14)35(32,33)30-17-5-3-2-4-6-17)20-13-34-24(27-20)29-28-22-18-12-16(25)9-10-19(18)26-23(22)31/h2-13,26,30-31H,1H3. The highest BCUT2D eigenvalue weighted by molar-refractivity contribution is 7.92. The molecule has 0 saturated carbocycles. The largest absolute Gasteiger partial charge is 0.493 e. The minimum absolute atomic E-state index is 0.123. The summed E-state index contributed by atoms with van der Waals surface area (Å²) in [5.41, 5.74) is 3.22. The summed E-state index contributed by atoms with van der Waals surface area (Å²) < 4.78 is 28.6. The van der Waals surface area contributed by atoms with Crippen LogP contribution in [-0.2, 0) is 10.0 Å². The molecule has 35 heavy (non-hydrogen) atoms. The second-order valence-electron chi connectivity index (χ2n) is 7.68. The number of para-hydroxylation sites is 1. The Hall–Kier alpha value is -3.73. The number of azo groups is 1. The maximum atomic E-state index is 13.0. The first kappa shape index (κ1) is 23.0. The van der Waals surface area contributed by atoms with Gasteiger partial charge in [-0.25, -0.2) is 13.4 Å². The van der Waals surface area contributed by atoms with Crippen LogP contribution in [0.4, 0.5) is 16.5 Å². The first-order valence-electron chi connectivity index (χ1n) is 10.4. The number of aromatic nitrogens is 2. The van der Waals surface area contributed by atoms with Gasteiger partial charge < -0.3 is 10.1 Å². The van der Waals surface area contributed by atoms with Gasteiger partial charge in [0.05, 0.1) is 16.1 Å². The summed E-state index contributed by atoms with van der Waals surface area (Å²) in [5.74, 6) is -0.123. The van der Waals surface area contributed by atoms with Crippen LogP contribution < -0.4 is 4.72 Å². The fraction of sp³-hybridized carbons (Fsp3) is 0.0417. The lowest BCUT2D eigenvalue weighted by Gasteiger charge is -2.11. The molecule has 3 aromatic carbocycles. The fourth-order valence-corrected chi connectivity index (χ4v) is 5.69. The number of rotatable bonds is 6. The van der Waals surface area contributed by atoms with Gasteiger partial charge in [0, 0.05) is 27.0 Å². The number of halogens is 1. The second-order valence-corrected chi connectivity index (χ2v) is 10.6. The molecule has 5 rings (SSSR count). The summed E-state index contributed by atoms with van der Waals surface area (Å²) in [5, 5.41) is 21.8. The maximum Gasteiger partial charge on any atom is 0.262 e. The van der Waals surface area contributed by atoms with Crippen LogP contribution in [-0.4, -0.2) is 23.5 Å². The smallest absolute Gasteiger partial charge is 0.262 e. The molecular weight excluding hydrogens is 506 g/mol. The maximum absolute atomic E-state index is 13.0. The number of hydrogen-bond acceptors (Lipinski definition) is 7. The van der Waals surface area contributed by atoms with Gasteiger partial charge in [-0.15, -0.1) is 21.6 Å². The number of aromatic hydroxyl groups is 1. The molecular formula is C24H18ClN5O3S2. The van der Waals surface area contributed by atoms with Gasteiger partial charge in [-0.05, 0) is 48.9 Å². The van der Waals surface area contributed by atoms with Crippen LogP contribution in [0, 0.1) is 6.92 Å². The molecule has 3 N–H and O–H groups in total. The van der Waals surface area contributed by atoms with Crippen molar-refractivity contribution in [2.75, 3.05) is 4.72 Å². The van der Waals surface area contributed by atoms with E-state index in [0.717, 1.165) is 0 Å². The third-order valence-electron chi connectivity index (χ3n) is 5.24. The van der Waals surface area contributed by atoms with Gasteiger partial charge in [-0.1, -0.05) is 41.9 Å². The summed E-state index contributed by atoms with van der Waals surface area (Å²) in [6, 6.07) is 19.0. The highest BCUT2D eigenvalue weighted by Crippen LogP contribution is 2.38. The van der Waals surface area contributed by atoms with Crippen LogP contribution in [0.2, 0.25) is 5.02 Å². The third-order valence-corrected chi connectivity index (χ3v) is 7.72. The first-order valence-corrected chi connectivity index (χ1v) is 13.1. The lowest BCUT2D eigenvalue weighted by Crippen LogP contribution is -2.14. The van der Waals surface area contributed by atoms with E-state index in [1.807, 2.05) is 6.07 Å². The summed E-state index contributed by atoms with van der Waals surface area (Å²) in [6.45, 7) is 1.74. The average molecular weight is 524 g/mol. The number of aromatic amines is 1.